The minimum atomic E-state index is -0.911. The molecule has 3 N–H and O–H groups in total. The largest absolute Gasteiger partial charge is 0.454 e. The van der Waals surface area contributed by atoms with Gasteiger partial charge in [0.2, 0.25) is 0 Å². The third-order valence-electron chi connectivity index (χ3n) is 4.88. The molecule has 0 bridgehead atoms. The van der Waals surface area contributed by atoms with Crippen molar-refractivity contribution in [3.8, 4) is 6.07 Å². The normalized spacial score (nSPS) is 16.2. The summed E-state index contributed by atoms with van der Waals surface area (Å²) >= 11 is 0. The first-order valence-corrected chi connectivity index (χ1v) is 9.87. The maximum atomic E-state index is 12.4. The van der Waals surface area contributed by atoms with Crippen LogP contribution in [0.2, 0.25) is 0 Å². The Hall–Kier alpha value is -3.08. The van der Waals surface area contributed by atoms with Gasteiger partial charge in [0.05, 0.1) is 6.07 Å². The summed E-state index contributed by atoms with van der Waals surface area (Å²) in [6.07, 6.45) is 3.99. The number of rotatable bonds is 7. The first kappa shape index (κ1) is 22.2. The molecule has 1 aromatic carbocycles. The number of anilines is 1. The summed E-state index contributed by atoms with van der Waals surface area (Å²) in [6, 6.07) is 9.57. The third kappa shape index (κ3) is 6.79. The molecule has 0 unspecified atom stereocenters. The number of carbonyl (C=O) groups excluding carboxylic acids is 3. The number of urea groups is 1. The highest BCUT2D eigenvalue weighted by Gasteiger charge is 2.34. The summed E-state index contributed by atoms with van der Waals surface area (Å²) in [6.45, 7) is 3.04. The molecule has 1 fully saturated rings. The minimum Gasteiger partial charge on any atom is -0.454 e. The molecule has 29 heavy (non-hydrogen) atoms. The molecule has 0 saturated heterocycles. The Morgan fingerprint density at radius 1 is 1.14 bits per heavy atom. The second kappa shape index (κ2) is 10.5. The summed E-state index contributed by atoms with van der Waals surface area (Å²) in [4.78, 5) is 36.8. The molecule has 8 nitrogen and oxygen atoms in total. The molecule has 2 rings (SSSR count). The van der Waals surface area contributed by atoms with Crippen LogP contribution in [0.25, 0.3) is 0 Å². The van der Waals surface area contributed by atoms with Crippen LogP contribution in [0.3, 0.4) is 0 Å². The number of carbonyl (C=O) groups is 3. The summed E-state index contributed by atoms with van der Waals surface area (Å²) in [7, 11) is 0. The van der Waals surface area contributed by atoms with E-state index in [1.165, 1.54) is 0 Å². The van der Waals surface area contributed by atoms with Crippen molar-refractivity contribution in [3.63, 3.8) is 0 Å². The monoisotopic (exact) mass is 400 g/mol. The van der Waals surface area contributed by atoms with Crippen LogP contribution >= 0.6 is 0 Å². The Bertz CT molecular complexity index is 752. The molecule has 0 spiro atoms. The van der Waals surface area contributed by atoms with Gasteiger partial charge in [-0.15, -0.1) is 0 Å². The lowest BCUT2D eigenvalue weighted by molar-refractivity contribution is -0.151. The van der Waals surface area contributed by atoms with Gasteiger partial charge in [0.1, 0.15) is 11.6 Å². The Morgan fingerprint density at radius 3 is 2.38 bits per heavy atom. The fraction of sp³-hybridized carbons (Fsp3) is 0.524. The van der Waals surface area contributed by atoms with Gasteiger partial charge in [0.15, 0.2) is 6.61 Å². The van der Waals surface area contributed by atoms with Gasteiger partial charge in [-0.2, -0.15) is 5.26 Å². The molecular formula is C21H28N4O4. The van der Waals surface area contributed by atoms with Gasteiger partial charge in [-0.05, 0) is 30.9 Å². The molecule has 0 heterocycles. The van der Waals surface area contributed by atoms with Crippen LogP contribution in [0.1, 0.15) is 46.0 Å². The average molecular weight is 400 g/mol. The van der Waals surface area contributed by atoms with E-state index in [1.807, 2.05) is 6.07 Å². The summed E-state index contributed by atoms with van der Waals surface area (Å²) < 4.78 is 5.11. The van der Waals surface area contributed by atoms with Crippen molar-refractivity contribution in [2.45, 2.75) is 57.5 Å². The molecule has 1 aliphatic rings. The molecule has 0 aromatic heterocycles. The highest BCUT2D eigenvalue weighted by molar-refractivity contribution is 5.93. The van der Waals surface area contributed by atoms with Crippen molar-refractivity contribution in [1.82, 2.24) is 10.6 Å². The van der Waals surface area contributed by atoms with Crippen LogP contribution in [-0.2, 0) is 14.3 Å². The number of nitrogens with zero attached hydrogens (tertiary/aromatic N) is 1. The maximum absolute atomic E-state index is 12.4. The van der Waals surface area contributed by atoms with E-state index in [4.69, 9.17) is 4.74 Å². The van der Waals surface area contributed by atoms with Crippen molar-refractivity contribution in [3.05, 3.63) is 30.3 Å². The van der Waals surface area contributed by atoms with E-state index < -0.39 is 36.1 Å². The fourth-order valence-electron chi connectivity index (χ4n) is 3.28. The molecule has 0 radical (unpaired) electrons. The minimum absolute atomic E-state index is 0.240. The summed E-state index contributed by atoms with van der Waals surface area (Å²) in [5, 5.41) is 17.3. The van der Waals surface area contributed by atoms with E-state index in [0.29, 0.717) is 18.5 Å². The van der Waals surface area contributed by atoms with Crippen molar-refractivity contribution < 1.29 is 19.1 Å². The number of amides is 3. The first-order chi connectivity index (χ1) is 13.8. The van der Waals surface area contributed by atoms with Crippen LogP contribution in [0.5, 0.6) is 0 Å². The molecule has 0 aliphatic heterocycles. The highest BCUT2D eigenvalue weighted by Crippen LogP contribution is 2.27. The standard InChI is InChI=1S/C21H28N4O4/c1-15(2)18(24-20(28)23-16-9-5-3-6-10-16)19(27)29-13-17(26)25-21(14-22)11-7-4-8-12-21/h3,5-6,9-10,15,18H,4,7-8,11-13H2,1-2H3,(H,25,26)(H2,23,24,28)/t18-/m1/s1. The smallest absolute Gasteiger partial charge is 0.329 e. The fourth-order valence-corrected chi connectivity index (χ4v) is 3.28. The second-order valence-corrected chi connectivity index (χ2v) is 7.60. The number of nitriles is 1. The van der Waals surface area contributed by atoms with Gasteiger partial charge in [-0.1, -0.05) is 51.3 Å². The Morgan fingerprint density at radius 2 is 1.79 bits per heavy atom. The van der Waals surface area contributed by atoms with Gasteiger partial charge in [0, 0.05) is 5.69 Å². The second-order valence-electron chi connectivity index (χ2n) is 7.60. The van der Waals surface area contributed by atoms with Crippen LogP contribution in [0.15, 0.2) is 30.3 Å². The van der Waals surface area contributed by atoms with E-state index in [0.717, 1.165) is 19.3 Å². The average Bonchev–Trinajstić information content (AvgIpc) is 2.71. The Labute approximate surface area is 171 Å². The summed E-state index contributed by atoms with van der Waals surface area (Å²) in [5.74, 6) is -1.46. The molecule has 3 amide bonds. The van der Waals surface area contributed by atoms with Crippen molar-refractivity contribution in [2.24, 2.45) is 5.92 Å². The van der Waals surface area contributed by atoms with E-state index in [9.17, 15) is 19.6 Å². The Kier molecular flexibility index (Phi) is 8.01. The molecule has 8 heteroatoms. The van der Waals surface area contributed by atoms with E-state index in [-0.39, 0.29) is 5.92 Å². The SMILES string of the molecule is CC(C)[C@@H](NC(=O)Nc1ccccc1)C(=O)OCC(=O)NC1(C#N)CCCCC1. The van der Waals surface area contributed by atoms with Crippen molar-refractivity contribution in [2.75, 3.05) is 11.9 Å². The van der Waals surface area contributed by atoms with Gasteiger partial charge < -0.3 is 20.7 Å². The lowest BCUT2D eigenvalue weighted by Crippen LogP contribution is -2.51. The number of nitrogens with one attached hydrogen (secondary N) is 3. The van der Waals surface area contributed by atoms with Gasteiger partial charge in [-0.25, -0.2) is 9.59 Å². The van der Waals surface area contributed by atoms with Crippen molar-refractivity contribution >= 4 is 23.6 Å². The van der Waals surface area contributed by atoms with Crippen LogP contribution in [-0.4, -0.2) is 36.1 Å². The van der Waals surface area contributed by atoms with Crippen LogP contribution < -0.4 is 16.0 Å². The molecular weight excluding hydrogens is 372 g/mol. The van der Waals surface area contributed by atoms with E-state index in [1.54, 1.807) is 38.1 Å². The number of benzene rings is 1. The number of hydrogen-bond acceptors (Lipinski definition) is 5. The number of para-hydroxylation sites is 1. The first-order valence-electron chi connectivity index (χ1n) is 9.87. The van der Waals surface area contributed by atoms with Gasteiger partial charge in [0.25, 0.3) is 5.91 Å². The predicted octanol–water partition coefficient (Wildman–Crippen LogP) is 2.72. The van der Waals surface area contributed by atoms with Gasteiger partial charge in [-0.3, -0.25) is 4.79 Å². The Balaban J connectivity index is 1.86. The topological polar surface area (TPSA) is 120 Å². The zero-order valence-corrected chi connectivity index (χ0v) is 16.9. The molecule has 1 atom stereocenters. The maximum Gasteiger partial charge on any atom is 0.329 e. The third-order valence-corrected chi connectivity index (χ3v) is 4.88. The number of ether oxygens (including phenoxy) is 1. The quantitative estimate of drug-likeness (QED) is 0.608. The number of hydrogen-bond donors (Lipinski definition) is 3. The molecule has 1 aliphatic carbocycles. The summed E-state index contributed by atoms with van der Waals surface area (Å²) in [5.41, 5.74) is -0.290. The predicted molar refractivity (Wildman–Crippen MR) is 108 cm³/mol. The van der Waals surface area contributed by atoms with Crippen LogP contribution in [0.4, 0.5) is 10.5 Å². The lowest BCUT2D eigenvalue weighted by Gasteiger charge is -2.31. The van der Waals surface area contributed by atoms with Gasteiger partial charge >= 0.3 is 12.0 Å². The van der Waals surface area contributed by atoms with E-state index in [2.05, 4.69) is 22.0 Å². The lowest BCUT2D eigenvalue weighted by atomic mass is 9.83. The van der Waals surface area contributed by atoms with Crippen LogP contribution in [0, 0.1) is 17.2 Å². The molecule has 1 saturated carbocycles. The van der Waals surface area contributed by atoms with Crippen molar-refractivity contribution in [1.29, 1.82) is 5.26 Å². The highest BCUT2D eigenvalue weighted by atomic mass is 16.5. The number of esters is 1. The van der Waals surface area contributed by atoms with E-state index >= 15 is 0 Å². The zero-order chi connectivity index (χ0) is 21.3. The molecule has 156 valence electrons. The zero-order valence-electron chi connectivity index (χ0n) is 16.9. The molecule has 1 aromatic rings.